The quantitative estimate of drug-likeness (QED) is 0.727. The molecule has 2 unspecified atom stereocenters. The van der Waals surface area contributed by atoms with Gasteiger partial charge in [-0.1, -0.05) is 6.92 Å². The van der Waals surface area contributed by atoms with Gasteiger partial charge in [-0.2, -0.15) is 0 Å². The number of hydrogen-bond donors (Lipinski definition) is 2. The molecule has 4 nitrogen and oxygen atoms in total. The molecule has 4 heteroatoms. The van der Waals surface area contributed by atoms with Gasteiger partial charge >= 0.3 is 0 Å². The number of primary amides is 1. The maximum atomic E-state index is 11.6. The molecule has 1 fully saturated rings. The first-order valence-corrected chi connectivity index (χ1v) is 5.70. The molecular weight excluding hydrogens is 192 g/mol. The van der Waals surface area contributed by atoms with Crippen molar-refractivity contribution in [3.8, 4) is 0 Å². The summed E-state index contributed by atoms with van der Waals surface area (Å²) in [4.78, 5) is 11.6. The fraction of sp³-hybridized carbons (Fsp3) is 0.909. The molecule has 1 aliphatic heterocycles. The van der Waals surface area contributed by atoms with E-state index in [4.69, 9.17) is 10.5 Å². The molecule has 0 aromatic carbocycles. The molecule has 0 radical (unpaired) electrons. The summed E-state index contributed by atoms with van der Waals surface area (Å²) in [7, 11) is 0. The zero-order valence-electron chi connectivity index (χ0n) is 9.88. The number of rotatable bonds is 4. The molecule has 0 aromatic rings. The number of nitrogens with two attached hydrogens (primary N) is 1. The Bertz CT molecular complexity index is 221. The first-order valence-electron chi connectivity index (χ1n) is 5.70. The van der Waals surface area contributed by atoms with Crippen molar-refractivity contribution in [3.63, 3.8) is 0 Å². The number of nitrogens with one attached hydrogen (secondary N) is 1. The number of carbonyl (C=O) groups excluding carboxylic acids is 1. The van der Waals surface area contributed by atoms with Gasteiger partial charge in [-0.25, -0.2) is 0 Å². The number of ether oxygens (including phenoxy) is 1. The summed E-state index contributed by atoms with van der Waals surface area (Å²) in [6, 6.07) is 0. The van der Waals surface area contributed by atoms with E-state index in [-0.39, 0.29) is 18.1 Å². The number of hydrogen-bond acceptors (Lipinski definition) is 3. The van der Waals surface area contributed by atoms with Crippen LogP contribution in [0.5, 0.6) is 0 Å². The molecule has 0 saturated carbocycles. The Morgan fingerprint density at radius 1 is 1.47 bits per heavy atom. The van der Waals surface area contributed by atoms with Crippen molar-refractivity contribution in [3.05, 3.63) is 0 Å². The molecule has 0 aliphatic carbocycles. The van der Waals surface area contributed by atoms with Crippen LogP contribution in [0.15, 0.2) is 0 Å². The van der Waals surface area contributed by atoms with Gasteiger partial charge in [0.1, 0.15) is 5.54 Å². The molecule has 1 heterocycles. The molecule has 15 heavy (non-hydrogen) atoms. The first kappa shape index (κ1) is 12.5. The van der Waals surface area contributed by atoms with E-state index in [1.165, 1.54) is 0 Å². The van der Waals surface area contributed by atoms with Crippen molar-refractivity contribution in [1.82, 2.24) is 5.32 Å². The van der Waals surface area contributed by atoms with Gasteiger partial charge in [-0.15, -0.1) is 0 Å². The summed E-state index contributed by atoms with van der Waals surface area (Å²) in [5, 5.41) is 3.29. The molecule has 0 spiro atoms. The lowest BCUT2D eigenvalue weighted by atomic mass is 9.83. The lowest BCUT2D eigenvalue weighted by Crippen LogP contribution is -2.61. The third-order valence-corrected chi connectivity index (χ3v) is 2.92. The van der Waals surface area contributed by atoms with E-state index in [0.29, 0.717) is 12.8 Å². The van der Waals surface area contributed by atoms with Gasteiger partial charge in [0.05, 0.1) is 12.2 Å². The minimum atomic E-state index is -0.562. The van der Waals surface area contributed by atoms with Gasteiger partial charge < -0.3 is 15.8 Å². The number of carbonyl (C=O) groups is 1. The highest BCUT2D eigenvalue weighted by Gasteiger charge is 2.42. The van der Waals surface area contributed by atoms with Gasteiger partial charge in [0.2, 0.25) is 5.91 Å². The van der Waals surface area contributed by atoms with E-state index < -0.39 is 5.54 Å². The molecule has 88 valence electrons. The normalized spacial score (nSPS) is 36.5. The van der Waals surface area contributed by atoms with Crippen LogP contribution >= 0.6 is 0 Å². The minimum absolute atomic E-state index is 0.0885. The average molecular weight is 214 g/mol. The Hall–Kier alpha value is -0.610. The van der Waals surface area contributed by atoms with Crippen molar-refractivity contribution in [1.29, 1.82) is 0 Å². The van der Waals surface area contributed by atoms with Gasteiger partial charge in [0.25, 0.3) is 0 Å². The maximum absolute atomic E-state index is 11.6. The van der Waals surface area contributed by atoms with Crippen molar-refractivity contribution < 1.29 is 9.53 Å². The van der Waals surface area contributed by atoms with Crippen LogP contribution in [0.2, 0.25) is 0 Å². The molecule has 1 amide bonds. The van der Waals surface area contributed by atoms with Gasteiger partial charge in [-0.3, -0.25) is 4.79 Å². The molecule has 1 rings (SSSR count). The molecule has 1 saturated heterocycles. The SMILES string of the molecule is CCCNC1(C(N)=O)CC(C)OC(C)C1. The predicted molar refractivity (Wildman–Crippen MR) is 59.5 cm³/mol. The minimum Gasteiger partial charge on any atom is -0.375 e. The van der Waals surface area contributed by atoms with E-state index in [1.807, 2.05) is 13.8 Å². The summed E-state index contributed by atoms with van der Waals surface area (Å²) in [6.45, 7) is 6.87. The second kappa shape index (κ2) is 4.94. The van der Waals surface area contributed by atoms with Crippen LogP contribution in [-0.4, -0.2) is 30.2 Å². The maximum Gasteiger partial charge on any atom is 0.237 e. The predicted octanol–water partition coefficient (Wildman–Crippen LogP) is 0.797. The third kappa shape index (κ3) is 2.92. The Morgan fingerprint density at radius 3 is 2.40 bits per heavy atom. The molecular formula is C11H22N2O2. The Balaban J connectivity index is 2.74. The van der Waals surface area contributed by atoms with Crippen molar-refractivity contribution in [2.75, 3.05) is 6.54 Å². The molecule has 0 bridgehead atoms. The van der Waals surface area contributed by atoms with Crippen LogP contribution in [0.4, 0.5) is 0 Å². The fourth-order valence-corrected chi connectivity index (χ4v) is 2.35. The summed E-state index contributed by atoms with van der Waals surface area (Å²) in [6.07, 6.45) is 2.52. The van der Waals surface area contributed by atoms with Crippen LogP contribution in [0.3, 0.4) is 0 Å². The highest BCUT2D eigenvalue weighted by Crippen LogP contribution is 2.28. The second-order valence-electron chi connectivity index (χ2n) is 4.54. The zero-order valence-corrected chi connectivity index (χ0v) is 9.88. The lowest BCUT2D eigenvalue weighted by Gasteiger charge is -2.41. The van der Waals surface area contributed by atoms with Gasteiger partial charge in [-0.05, 0) is 26.8 Å². The van der Waals surface area contributed by atoms with Crippen LogP contribution in [-0.2, 0) is 9.53 Å². The average Bonchev–Trinajstić information content (AvgIpc) is 2.13. The summed E-state index contributed by atoms with van der Waals surface area (Å²) < 4.78 is 5.62. The summed E-state index contributed by atoms with van der Waals surface area (Å²) >= 11 is 0. The molecule has 3 N–H and O–H groups in total. The second-order valence-corrected chi connectivity index (χ2v) is 4.54. The summed E-state index contributed by atoms with van der Waals surface area (Å²) in [5.74, 6) is -0.252. The largest absolute Gasteiger partial charge is 0.375 e. The highest BCUT2D eigenvalue weighted by atomic mass is 16.5. The Morgan fingerprint density at radius 2 is 2.00 bits per heavy atom. The molecule has 1 aliphatic rings. The molecule has 2 atom stereocenters. The fourth-order valence-electron chi connectivity index (χ4n) is 2.35. The van der Waals surface area contributed by atoms with Crippen molar-refractivity contribution >= 4 is 5.91 Å². The third-order valence-electron chi connectivity index (χ3n) is 2.92. The van der Waals surface area contributed by atoms with E-state index in [2.05, 4.69) is 12.2 Å². The van der Waals surface area contributed by atoms with E-state index in [0.717, 1.165) is 13.0 Å². The zero-order chi connectivity index (χ0) is 11.5. The van der Waals surface area contributed by atoms with Gasteiger partial charge in [0, 0.05) is 12.8 Å². The van der Waals surface area contributed by atoms with E-state index in [9.17, 15) is 4.79 Å². The van der Waals surface area contributed by atoms with Gasteiger partial charge in [0.15, 0.2) is 0 Å². The lowest BCUT2D eigenvalue weighted by molar-refractivity contribution is -0.135. The van der Waals surface area contributed by atoms with E-state index in [1.54, 1.807) is 0 Å². The van der Waals surface area contributed by atoms with Crippen molar-refractivity contribution in [2.24, 2.45) is 5.73 Å². The van der Waals surface area contributed by atoms with Crippen LogP contribution in [0.25, 0.3) is 0 Å². The topological polar surface area (TPSA) is 64.3 Å². The number of amides is 1. The smallest absolute Gasteiger partial charge is 0.237 e. The Labute approximate surface area is 91.5 Å². The van der Waals surface area contributed by atoms with Crippen molar-refractivity contribution in [2.45, 2.75) is 57.8 Å². The molecule has 0 aromatic heterocycles. The monoisotopic (exact) mass is 214 g/mol. The van der Waals surface area contributed by atoms with E-state index >= 15 is 0 Å². The van der Waals surface area contributed by atoms with Crippen LogP contribution < -0.4 is 11.1 Å². The standard InChI is InChI=1S/C11H22N2O2/c1-4-5-13-11(10(12)14)6-8(2)15-9(3)7-11/h8-9,13H,4-7H2,1-3H3,(H2,12,14). The Kier molecular flexibility index (Phi) is 4.11. The first-order chi connectivity index (χ1) is 7.00. The van der Waals surface area contributed by atoms with Crippen LogP contribution in [0.1, 0.15) is 40.0 Å². The summed E-state index contributed by atoms with van der Waals surface area (Å²) in [5.41, 5.74) is 4.95. The highest BCUT2D eigenvalue weighted by molar-refractivity contribution is 5.84. The van der Waals surface area contributed by atoms with Crippen LogP contribution in [0, 0.1) is 0 Å².